The average Bonchev–Trinajstić information content (AvgIpc) is 3.03. The quantitative estimate of drug-likeness (QED) is 0.349. The van der Waals surface area contributed by atoms with Gasteiger partial charge in [-0.05, 0) is 58.7 Å². The van der Waals surface area contributed by atoms with Gasteiger partial charge in [0, 0.05) is 19.6 Å². The van der Waals surface area contributed by atoms with Crippen LogP contribution >= 0.6 is 0 Å². The SMILES string of the molecule is CCCCCCC(C)NC(=NC)NCCCCN1CCCC1. The fourth-order valence-electron chi connectivity index (χ4n) is 3.05. The molecule has 0 aromatic heterocycles. The summed E-state index contributed by atoms with van der Waals surface area (Å²) in [6.07, 6.45) is 11.9. The van der Waals surface area contributed by atoms with Crippen molar-refractivity contribution < 1.29 is 0 Å². The van der Waals surface area contributed by atoms with E-state index in [1.54, 1.807) is 0 Å². The van der Waals surface area contributed by atoms with Crippen molar-refractivity contribution in [2.75, 3.05) is 33.2 Å². The van der Waals surface area contributed by atoms with E-state index in [0.717, 1.165) is 12.5 Å². The van der Waals surface area contributed by atoms with Gasteiger partial charge in [-0.25, -0.2) is 0 Å². The third-order valence-corrected chi connectivity index (χ3v) is 4.49. The molecule has 130 valence electrons. The van der Waals surface area contributed by atoms with Crippen LogP contribution in [-0.4, -0.2) is 50.1 Å². The minimum Gasteiger partial charge on any atom is -0.356 e. The summed E-state index contributed by atoms with van der Waals surface area (Å²) in [5, 5.41) is 6.95. The summed E-state index contributed by atoms with van der Waals surface area (Å²) < 4.78 is 0. The van der Waals surface area contributed by atoms with E-state index >= 15 is 0 Å². The molecule has 0 aromatic carbocycles. The van der Waals surface area contributed by atoms with E-state index in [-0.39, 0.29) is 0 Å². The molecule has 0 aliphatic carbocycles. The Bertz CT molecular complexity index is 285. The first kappa shape index (κ1) is 19.3. The number of rotatable bonds is 11. The number of nitrogens with zero attached hydrogens (tertiary/aromatic N) is 2. The van der Waals surface area contributed by atoms with Crippen molar-refractivity contribution in [3.05, 3.63) is 0 Å². The molecule has 1 fully saturated rings. The van der Waals surface area contributed by atoms with Crippen LogP contribution in [0.15, 0.2) is 4.99 Å². The molecule has 1 heterocycles. The van der Waals surface area contributed by atoms with Crippen LogP contribution < -0.4 is 10.6 Å². The Labute approximate surface area is 138 Å². The molecule has 22 heavy (non-hydrogen) atoms. The molecule has 0 amide bonds. The van der Waals surface area contributed by atoms with Gasteiger partial charge in [-0.1, -0.05) is 32.6 Å². The van der Waals surface area contributed by atoms with Crippen LogP contribution in [0, 0.1) is 0 Å². The summed E-state index contributed by atoms with van der Waals surface area (Å²) in [6, 6.07) is 0.507. The highest BCUT2D eigenvalue weighted by molar-refractivity contribution is 5.79. The molecule has 1 aliphatic heterocycles. The van der Waals surface area contributed by atoms with Crippen molar-refractivity contribution in [2.45, 2.75) is 77.7 Å². The topological polar surface area (TPSA) is 39.7 Å². The summed E-state index contributed by atoms with van der Waals surface area (Å²) in [5.74, 6) is 0.962. The lowest BCUT2D eigenvalue weighted by Crippen LogP contribution is -2.42. The summed E-state index contributed by atoms with van der Waals surface area (Å²) in [7, 11) is 1.86. The predicted octanol–water partition coefficient (Wildman–Crippen LogP) is 3.39. The van der Waals surface area contributed by atoms with Crippen molar-refractivity contribution in [3.8, 4) is 0 Å². The van der Waals surface area contributed by atoms with E-state index in [1.165, 1.54) is 77.4 Å². The van der Waals surface area contributed by atoms with Gasteiger partial charge in [-0.15, -0.1) is 0 Å². The Hall–Kier alpha value is -0.770. The third kappa shape index (κ3) is 9.29. The minimum atomic E-state index is 0.507. The number of unbranched alkanes of at least 4 members (excludes halogenated alkanes) is 4. The van der Waals surface area contributed by atoms with Gasteiger partial charge in [0.25, 0.3) is 0 Å². The van der Waals surface area contributed by atoms with Gasteiger partial charge < -0.3 is 15.5 Å². The van der Waals surface area contributed by atoms with E-state index in [9.17, 15) is 0 Å². The molecule has 0 radical (unpaired) electrons. The first-order valence-corrected chi connectivity index (χ1v) is 9.45. The van der Waals surface area contributed by atoms with Crippen LogP contribution in [-0.2, 0) is 0 Å². The maximum absolute atomic E-state index is 4.33. The van der Waals surface area contributed by atoms with Crippen molar-refractivity contribution in [1.82, 2.24) is 15.5 Å². The van der Waals surface area contributed by atoms with Gasteiger partial charge in [-0.3, -0.25) is 4.99 Å². The second-order valence-electron chi connectivity index (χ2n) is 6.65. The molecule has 1 atom stereocenters. The van der Waals surface area contributed by atoms with E-state index in [2.05, 4.69) is 34.4 Å². The molecule has 1 aliphatic rings. The van der Waals surface area contributed by atoms with Crippen molar-refractivity contribution >= 4 is 5.96 Å². The zero-order valence-corrected chi connectivity index (χ0v) is 15.2. The van der Waals surface area contributed by atoms with Crippen molar-refractivity contribution in [1.29, 1.82) is 0 Å². The van der Waals surface area contributed by atoms with Crippen LogP contribution in [0.25, 0.3) is 0 Å². The van der Waals surface area contributed by atoms with Crippen molar-refractivity contribution in [3.63, 3.8) is 0 Å². The Morgan fingerprint density at radius 2 is 1.86 bits per heavy atom. The molecule has 2 N–H and O–H groups in total. The van der Waals surface area contributed by atoms with Gasteiger partial charge in [0.15, 0.2) is 5.96 Å². The number of likely N-dealkylation sites (tertiary alicyclic amines) is 1. The van der Waals surface area contributed by atoms with E-state index < -0.39 is 0 Å². The monoisotopic (exact) mass is 310 g/mol. The highest BCUT2D eigenvalue weighted by Gasteiger charge is 2.10. The van der Waals surface area contributed by atoms with E-state index in [4.69, 9.17) is 0 Å². The van der Waals surface area contributed by atoms with Gasteiger partial charge in [0.2, 0.25) is 0 Å². The number of guanidine groups is 1. The molecule has 1 saturated heterocycles. The molecule has 4 nitrogen and oxygen atoms in total. The lowest BCUT2D eigenvalue weighted by Gasteiger charge is -2.18. The largest absolute Gasteiger partial charge is 0.356 e. The van der Waals surface area contributed by atoms with Crippen LogP contribution in [0.1, 0.15) is 71.6 Å². The summed E-state index contributed by atoms with van der Waals surface area (Å²) in [5.41, 5.74) is 0. The lowest BCUT2D eigenvalue weighted by molar-refractivity contribution is 0.330. The molecule has 0 saturated carbocycles. The molecule has 0 bridgehead atoms. The average molecular weight is 311 g/mol. The van der Waals surface area contributed by atoms with Gasteiger partial charge in [0.05, 0.1) is 0 Å². The summed E-state index contributed by atoms with van der Waals surface area (Å²) >= 11 is 0. The highest BCUT2D eigenvalue weighted by atomic mass is 15.2. The zero-order chi connectivity index (χ0) is 16.0. The highest BCUT2D eigenvalue weighted by Crippen LogP contribution is 2.08. The Morgan fingerprint density at radius 3 is 2.55 bits per heavy atom. The standard InChI is InChI=1S/C18H38N4/c1-4-5-6-7-12-17(2)21-18(19-3)20-13-8-9-14-22-15-10-11-16-22/h17H,4-16H2,1-3H3,(H2,19,20,21). The zero-order valence-electron chi connectivity index (χ0n) is 15.2. The normalized spacial score (nSPS) is 17.7. The van der Waals surface area contributed by atoms with E-state index in [0.29, 0.717) is 6.04 Å². The molecule has 0 spiro atoms. The number of hydrogen-bond donors (Lipinski definition) is 2. The van der Waals surface area contributed by atoms with Crippen LogP contribution in [0.4, 0.5) is 0 Å². The fourth-order valence-corrected chi connectivity index (χ4v) is 3.05. The summed E-state index contributed by atoms with van der Waals surface area (Å²) in [6.45, 7) is 9.43. The Morgan fingerprint density at radius 1 is 1.09 bits per heavy atom. The first-order valence-electron chi connectivity index (χ1n) is 9.45. The van der Waals surface area contributed by atoms with E-state index in [1.807, 2.05) is 7.05 Å². The summed E-state index contributed by atoms with van der Waals surface area (Å²) in [4.78, 5) is 6.92. The second-order valence-corrected chi connectivity index (χ2v) is 6.65. The van der Waals surface area contributed by atoms with Gasteiger partial charge >= 0.3 is 0 Å². The molecule has 1 rings (SSSR count). The lowest BCUT2D eigenvalue weighted by atomic mass is 10.1. The van der Waals surface area contributed by atoms with Crippen LogP contribution in [0.5, 0.6) is 0 Å². The molecule has 4 heteroatoms. The number of aliphatic imine (C=N–C) groups is 1. The number of hydrogen-bond acceptors (Lipinski definition) is 2. The fraction of sp³-hybridized carbons (Fsp3) is 0.944. The first-order chi connectivity index (χ1) is 10.8. The molecular weight excluding hydrogens is 272 g/mol. The second kappa shape index (κ2) is 12.7. The maximum Gasteiger partial charge on any atom is 0.191 e. The van der Waals surface area contributed by atoms with Crippen molar-refractivity contribution in [2.24, 2.45) is 4.99 Å². The number of nitrogens with one attached hydrogen (secondary N) is 2. The maximum atomic E-state index is 4.33. The Kier molecular flexibility index (Phi) is 11.2. The smallest absolute Gasteiger partial charge is 0.191 e. The van der Waals surface area contributed by atoms with Crippen LogP contribution in [0.3, 0.4) is 0 Å². The molecule has 0 aromatic rings. The third-order valence-electron chi connectivity index (χ3n) is 4.49. The van der Waals surface area contributed by atoms with Gasteiger partial charge in [-0.2, -0.15) is 0 Å². The predicted molar refractivity (Wildman–Crippen MR) is 97.6 cm³/mol. The minimum absolute atomic E-state index is 0.507. The molecular formula is C18H38N4. The molecule has 1 unspecified atom stereocenters. The van der Waals surface area contributed by atoms with Crippen LogP contribution in [0.2, 0.25) is 0 Å². The Balaban J connectivity index is 2.01. The van der Waals surface area contributed by atoms with Gasteiger partial charge in [0.1, 0.15) is 0 Å².